The fourth-order valence-corrected chi connectivity index (χ4v) is 2.83. The average Bonchev–Trinajstić information content (AvgIpc) is 2.91. The molecule has 1 heterocycles. The standard InChI is InChI=1S/C13H18N4O2/c1-8-11(6-14)12(17(2)16-8)15-7-9-4-3-5-10(9)13(18)19/h9-10,15H,3-5,7H2,1-2H3,(H,18,19). The number of carbonyl (C=O) groups is 1. The summed E-state index contributed by atoms with van der Waals surface area (Å²) in [5.41, 5.74) is 1.22. The number of aliphatic carboxylic acids is 1. The predicted molar refractivity (Wildman–Crippen MR) is 69.6 cm³/mol. The number of hydrogen-bond acceptors (Lipinski definition) is 4. The monoisotopic (exact) mass is 262 g/mol. The van der Waals surface area contributed by atoms with Crippen molar-refractivity contribution in [2.75, 3.05) is 11.9 Å². The fourth-order valence-electron chi connectivity index (χ4n) is 2.83. The van der Waals surface area contributed by atoms with Crippen molar-refractivity contribution in [3.05, 3.63) is 11.3 Å². The molecular formula is C13H18N4O2. The van der Waals surface area contributed by atoms with Crippen molar-refractivity contribution in [2.45, 2.75) is 26.2 Å². The molecule has 0 radical (unpaired) electrons. The lowest BCUT2D eigenvalue weighted by molar-refractivity contribution is -0.142. The van der Waals surface area contributed by atoms with Crippen molar-refractivity contribution in [2.24, 2.45) is 18.9 Å². The SMILES string of the molecule is Cc1nn(C)c(NCC2CCCC2C(=O)O)c1C#N. The van der Waals surface area contributed by atoms with Crippen LogP contribution >= 0.6 is 0 Å². The number of carboxylic acids is 1. The summed E-state index contributed by atoms with van der Waals surface area (Å²) < 4.78 is 1.64. The number of hydrogen-bond donors (Lipinski definition) is 2. The van der Waals surface area contributed by atoms with Gasteiger partial charge < -0.3 is 10.4 Å². The van der Waals surface area contributed by atoms with Gasteiger partial charge in [0.25, 0.3) is 0 Å². The molecule has 0 amide bonds. The Kier molecular flexibility index (Phi) is 3.74. The lowest BCUT2D eigenvalue weighted by Gasteiger charge is -2.17. The van der Waals surface area contributed by atoms with Crippen LogP contribution in [-0.2, 0) is 11.8 Å². The third-order valence-corrected chi connectivity index (χ3v) is 3.84. The fraction of sp³-hybridized carbons (Fsp3) is 0.615. The molecule has 2 N–H and O–H groups in total. The number of carboxylic acid groups (broad SMARTS) is 1. The van der Waals surface area contributed by atoms with Crippen molar-refractivity contribution in [1.82, 2.24) is 9.78 Å². The van der Waals surface area contributed by atoms with Gasteiger partial charge in [-0.2, -0.15) is 10.4 Å². The first kappa shape index (κ1) is 13.4. The Balaban J connectivity index is 2.07. The quantitative estimate of drug-likeness (QED) is 0.858. The van der Waals surface area contributed by atoms with E-state index in [0.29, 0.717) is 23.6 Å². The average molecular weight is 262 g/mol. The topological polar surface area (TPSA) is 90.9 Å². The van der Waals surface area contributed by atoms with Crippen LogP contribution in [0.5, 0.6) is 0 Å². The third-order valence-electron chi connectivity index (χ3n) is 3.84. The highest BCUT2D eigenvalue weighted by molar-refractivity contribution is 5.70. The van der Waals surface area contributed by atoms with Crippen molar-refractivity contribution < 1.29 is 9.90 Å². The highest BCUT2D eigenvalue weighted by Gasteiger charge is 2.32. The van der Waals surface area contributed by atoms with Gasteiger partial charge in [0.05, 0.1) is 11.6 Å². The Morgan fingerprint density at radius 2 is 2.37 bits per heavy atom. The van der Waals surface area contributed by atoms with Crippen LogP contribution in [0.3, 0.4) is 0 Å². The van der Waals surface area contributed by atoms with E-state index in [2.05, 4.69) is 16.5 Å². The summed E-state index contributed by atoms with van der Waals surface area (Å²) >= 11 is 0. The maximum absolute atomic E-state index is 11.1. The van der Waals surface area contributed by atoms with Crippen LogP contribution in [0.2, 0.25) is 0 Å². The van der Waals surface area contributed by atoms with Gasteiger partial charge in [-0.1, -0.05) is 6.42 Å². The van der Waals surface area contributed by atoms with E-state index in [1.807, 2.05) is 0 Å². The Labute approximate surface area is 112 Å². The highest BCUT2D eigenvalue weighted by atomic mass is 16.4. The van der Waals surface area contributed by atoms with Crippen LogP contribution in [0.1, 0.15) is 30.5 Å². The second kappa shape index (κ2) is 5.31. The van der Waals surface area contributed by atoms with Crippen molar-refractivity contribution in [3.8, 4) is 6.07 Å². The summed E-state index contributed by atoms with van der Waals surface area (Å²) in [6.07, 6.45) is 2.62. The lowest BCUT2D eigenvalue weighted by Crippen LogP contribution is -2.25. The van der Waals surface area contributed by atoms with Crippen molar-refractivity contribution in [3.63, 3.8) is 0 Å². The zero-order valence-electron chi connectivity index (χ0n) is 11.2. The van der Waals surface area contributed by atoms with E-state index < -0.39 is 5.97 Å². The minimum atomic E-state index is -0.717. The number of anilines is 1. The molecule has 1 aliphatic carbocycles. The molecule has 0 aliphatic heterocycles. The molecule has 0 bridgehead atoms. The molecule has 19 heavy (non-hydrogen) atoms. The molecule has 0 saturated heterocycles. The zero-order valence-corrected chi connectivity index (χ0v) is 11.2. The first-order valence-corrected chi connectivity index (χ1v) is 6.45. The second-order valence-corrected chi connectivity index (χ2v) is 5.06. The Morgan fingerprint density at radius 1 is 1.63 bits per heavy atom. The van der Waals surface area contributed by atoms with Gasteiger partial charge in [0.1, 0.15) is 17.5 Å². The van der Waals surface area contributed by atoms with E-state index >= 15 is 0 Å². The zero-order chi connectivity index (χ0) is 14.0. The van der Waals surface area contributed by atoms with Crippen molar-refractivity contribution >= 4 is 11.8 Å². The minimum absolute atomic E-state index is 0.124. The molecule has 1 fully saturated rings. The van der Waals surface area contributed by atoms with Gasteiger partial charge in [0.15, 0.2) is 0 Å². The third kappa shape index (κ3) is 2.55. The van der Waals surface area contributed by atoms with E-state index in [1.165, 1.54) is 0 Å². The number of rotatable bonds is 4. The van der Waals surface area contributed by atoms with Gasteiger partial charge in [-0.25, -0.2) is 0 Å². The Bertz CT molecular complexity index is 529. The second-order valence-electron chi connectivity index (χ2n) is 5.06. The van der Waals surface area contributed by atoms with Gasteiger partial charge in [0.2, 0.25) is 0 Å². The van der Waals surface area contributed by atoms with Gasteiger partial charge in [0, 0.05) is 13.6 Å². The molecule has 102 valence electrons. The van der Waals surface area contributed by atoms with Crippen molar-refractivity contribution in [1.29, 1.82) is 5.26 Å². The molecule has 1 aromatic rings. The smallest absolute Gasteiger partial charge is 0.306 e. The molecule has 1 aliphatic rings. The van der Waals surface area contributed by atoms with Crippen LogP contribution in [0.15, 0.2) is 0 Å². The molecule has 2 unspecified atom stereocenters. The Morgan fingerprint density at radius 3 is 3.00 bits per heavy atom. The van der Waals surface area contributed by atoms with E-state index in [9.17, 15) is 4.79 Å². The van der Waals surface area contributed by atoms with Crippen LogP contribution < -0.4 is 5.32 Å². The molecule has 0 aromatic carbocycles. The molecule has 2 rings (SSSR count). The van der Waals surface area contributed by atoms with Gasteiger partial charge in [-0.15, -0.1) is 0 Å². The van der Waals surface area contributed by atoms with Gasteiger partial charge in [-0.05, 0) is 25.7 Å². The lowest BCUT2D eigenvalue weighted by atomic mass is 9.96. The maximum Gasteiger partial charge on any atom is 0.306 e. The largest absolute Gasteiger partial charge is 0.481 e. The van der Waals surface area contributed by atoms with E-state index in [4.69, 9.17) is 10.4 Å². The molecule has 2 atom stereocenters. The summed E-state index contributed by atoms with van der Waals surface area (Å²) in [5, 5.41) is 25.6. The number of aryl methyl sites for hydroxylation is 2. The number of nitrogens with zero attached hydrogens (tertiary/aromatic N) is 3. The first-order chi connectivity index (χ1) is 9.04. The highest BCUT2D eigenvalue weighted by Crippen LogP contribution is 2.32. The molecule has 0 spiro atoms. The van der Waals surface area contributed by atoms with E-state index in [1.54, 1.807) is 18.7 Å². The van der Waals surface area contributed by atoms with Gasteiger partial charge >= 0.3 is 5.97 Å². The molecule has 6 heteroatoms. The van der Waals surface area contributed by atoms with Crippen LogP contribution in [0.25, 0.3) is 0 Å². The van der Waals surface area contributed by atoms with Crippen LogP contribution in [0, 0.1) is 30.1 Å². The minimum Gasteiger partial charge on any atom is -0.481 e. The van der Waals surface area contributed by atoms with E-state index in [0.717, 1.165) is 19.3 Å². The summed E-state index contributed by atoms with van der Waals surface area (Å²) in [5.74, 6) is -0.186. The number of nitrogens with one attached hydrogen (secondary N) is 1. The summed E-state index contributed by atoms with van der Waals surface area (Å²) in [6, 6.07) is 2.13. The predicted octanol–water partition coefficient (Wildman–Crippen LogP) is 1.51. The molecule has 6 nitrogen and oxygen atoms in total. The first-order valence-electron chi connectivity index (χ1n) is 6.45. The Hall–Kier alpha value is -2.03. The normalized spacial score (nSPS) is 22.2. The molecular weight excluding hydrogens is 244 g/mol. The maximum atomic E-state index is 11.1. The number of nitriles is 1. The molecule has 1 aromatic heterocycles. The summed E-state index contributed by atoms with van der Waals surface area (Å²) in [6.45, 7) is 2.37. The molecule has 1 saturated carbocycles. The number of aromatic nitrogens is 2. The van der Waals surface area contributed by atoms with Crippen LogP contribution in [-0.4, -0.2) is 27.4 Å². The van der Waals surface area contributed by atoms with Crippen LogP contribution in [0.4, 0.5) is 5.82 Å². The van der Waals surface area contributed by atoms with E-state index in [-0.39, 0.29) is 11.8 Å². The van der Waals surface area contributed by atoms with Gasteiger partial charge in [-0.3, -0.25) is 9.48 Å². The summed E-state index contributed by atoms with van der Waals surface area (Å²) in [4.78, 5) is 11.1. The summed E-state index contributed by atoms with van der Waals surface area (Å²) in [7, 11) is 1.78.